The number of methoxy groups -OCH3 is 2. The fourth-order valence-corrected chi connectivity index (χ4v) is 3.15. The Balaban J connectivity index is 2.45. The molecular weight excluding hydrogens is 294 g/mol. The van der Waals surface area contributed by atoms with Crippen LogP contribution in [0.1, 0.15) is 13.3 Å². The van der Waals surface area contributed by atoms with Gasteiger partial charge in [0.2, 0.25) is 6.04 Å². The van der Waals surface area contributed by atoms with Crippen molar-refractivity contribution < 1.29 is 19.6 Å². The molecule has 1 fully saturated rings. The molecule has 2 aliphatic rings. The quantitative estimate of drug-likeness (QED) is 0.239. The van der Waals surface area contributed by atoms with Crippen molar-refractivity contribution in [1.29, 1.82) is 0 Å². The van der Waals surface area contributed by atoms with E-state index in [1.165, 1.54) is 14.2 Å². The van der Waals surface area contributed by atoms with E-state index in [0.717, 1.165) is 0 Å². The number of oxime groups is 1. The van der Waals surface area contributed by atoms with Crippen LogP contribution in [0, 0.1) is 22.0 Å². The van der Waals surface area contributed by atoms with E-state index in [9.17, 15) is 10.1 Å². The van der Waals surface area contributed by atoms with E-state index in [1.54, 1.807) is 6.92 Å². The largest absolute Gasteiger partial charge is 0.477 e. The number of nitrogens with zero attached hydrogens (tertiary/aromatic N) is 4. The number of nitrogens with two attached hydrogens (primary N) is 1. The van der Waals surface area contributed by atoms with Crippen molar-refractivity contribution in [3.63, 3.8) is 0 Å². The Labute approximate surface area is 126 Å². The summed E-state index contributed by atoms with van der Waals surface area (Å²) in [7, 11) is 2.85. The van der Waals surface area contributed by atoms with Gasteiger partial charge in [-0.05, 0) is 0 Å². The van der Waals surface area contributed by atoms with Crippen molar-refractivity contribution in [1.82, 2.24) is 0 Å². The highest BCUT2D eigenvalue weighted by atomic mass is 16.6. The van der Waals surface area contributed by atoms with Crippen LogP contribution in [0.3, 0.4) is 0 Å². The second-order valence-electron chi connectivity index (χ2n) is 5.33. The SMILES string of the molecule is COC1=NC2CC([N+](=O)[O-])C(C)C(/C(N)=N/O)C2N=C1OC. The molecule has 10 heteroatoms. The Morgan fingerprint density at radius 3 is 2.50 bits per heavy atom. The molecule has 0 saturated heterocycles. The van der Waals surface area contributed by atoms with Gasteiger partial charge in [0.1, 0.15) is 5.84 Å². The second-order valence-corrected chi connectivity index (χ2v) is 5.33. The fraction of sp³-hybridized carbons (Fsp3) is 0.750. The van der Waals surface area contributed by atoms with E-state index in [-0.39, 0.29) is 29.0 Å². The first-order valence-corrected chi connectivity index (χ1v) is 6.79. The topological polar surface area (TPSA) is 145 Å². The Morgan fingerprint density at radius 2 is 2.00 bits per heavy atom. The van der Waals surface area contributed by atoms with E-state index in [0.29, 0.717) is 0 Å². The molecule has 122 valence electrons. The lowest BCUT2D eigenvalue weighted by Crippen LogP contribution is -2.55. The Bertz CT molecular complexity index is 546. The number of fused-ring (bicyclic) bond motifs is 1. The summed E-state index contributed by atoms with van der Waals surface area (Å²) in [5.74, 6) is -0.756. The van der Waals surface area contributed by atoms with Gasteiger partial charge >= 0.3 is 0 Å². The number of rotatable bonds is 2. The third-order valence-electron chi connectivity index (χ3n) is 4.27. The fourth-order valence-electron chi connectivity index (χ4n) is 3.15. The molecule has 22 heavy (non-hydrogen) atoms. The Morgan fingerprint density at radius 1 is 1.41 bits per heavy atom. The van der Waals surface area contributed by atoms with Crippen LogP contribution in [-0.2, 0) is 9.47 Å². The molecular formula is C12H19N5O5. The third kappa shape index (κ3) is 2.55. The van der Waals surface area contributed by atoms with Gasteiger partial charge in [-0.25, -0.2) is 9.98 Å². The van der Waals surface area contributed by atoms with Crippen molar-refractivity contribution in [2.45, 2.75) is 31.5 Å². The van der Waals surface area contributed by atoms with Gasteiger partial charge in [0.05, 0.1) is 32.2 Å². The molecule has 0 aromatic rings. The number of ether oxygens (including phenoxy) is 2. The highest BCUT2D eigenvalue weighted by Gasteiger charge is 2.51. The minimum Gasteiger partial charge on any atom is -0.477 e. The first-order valence-electron chi connectivity index (χ1n) is 6.79. The molecule has 1 aliphatic heterocycles. The zero-order valence-corrected chi connectivity index (χ0v) is 12.5. The summed E-state index contributed by atoms with van der Waals surface area (Å²) in [6.07, 6.45) is 0.210. The number of amidine groups is 1. The molecule has 0 spiro atoms. The molecule has 0 aromatic carbocycles. The monoisotopic (exact) mass is 313 g/mol. The van der Waals surface area contributed by atoms with Gasteiger partial charge in [0.15, 0.2) is 0 Å². The number of hydrogen-bond acceptors (Lipinski definition) is 8. The van der Waals surface area contributed by atoms with Crippen LogP contribution < -0.4 is 5.73 Å². The zero-order valence-electron chi connectivity index (χ0n) is 12.5. The van der Waals surface area contributed by atoms with Crippen LogP contribution in [0.4, 0.5) is 0 Å². The molecule has 5 atom stereocenters. The standard InChI is InChI=1S/C12H19N5O5/c1-5-7(17(19)20)4-6-9(8(5)10(13)16-18)15-12(22-3)11(14-6)21-2/h5-9,18H,4H2,1-3H3,(H2,13,16). The molecule has 0 aromatic heterocycles. The summed E-state index contributed by atoms with van der Waals surface area (Å²) < 4.78 is 10.2. The molecule has 5 unspecified atom stereocenters. The minimum absolute atomic E-state index is 0.0932. The van der Waals surface area contributed by atoms with Crippen LogP contribution in [0.25, 0.3) is 0 Å². The number of nitro groups is 1. The lowest BCUT2D eigenvalue weighted by Gasteiger charge is -2.40. The van der Waals surface area contributed by atoms with Crippen LogP contribution in [0.2, 0.25) is 0 Å². The predicted molar refractivity (Wildman–Crippen MR) is 77.9 cm³/mol. The van der Waals surface area contributed by atoms with Crippen molar-refractivity contribution in [3.8, 4) is 0 Å². The van der Waals surface area contributed by atoms with E-state index in [4.69, 9.17) is 20.4 Å². The highest BCUT2D eigenvalue weighted by molar-refractivity contribution is 6.35. The molecule has 0 bridgehead atoms. The van der Waals surface area contributed by atoms with Gasteiger partial charge in [-0.15, -0.1) is 0 Å². The smallest absolute Gasteiger partial charge is 0.273 e. The van der Waals surface area contributed by atoms with Gasteiger partial charge < -0.3 is 20.4 Å². The van der Waals surface area contributed by atoms with Crippen LogP contribution in [0.15, 0.2) is 15.1 Å². The molecule has 2 rings (SSSR count). The Hall–Kier alpha value is -2.39. The summed E-state index contributed by atoms with van der Waals surface area (Å²) in [6.45, 7) is 1.70. The van der Waals surface area contributed by atoms with E-state index >= 15 is 0 Å². The van der Waals surface area contributed by atoms with Crippen LogP contribution >= 0.6 is 0 Å². The molecule has 10 nitrogen and oxygen atoms in total. The first-order chi connectivity index (χ1) is 10.4. The van der Waals surface area contributed by atoms with Gasteiger partial charge in [0.25, 0.3) is 11.8 Å². The van der Waals surface area contributed by atoms with Crippen LogP contribution in [0.5, 0.6) is 0 Å². The lowest BCUT2D eigenvalue weighted by atomic mass is 9.71. The summed E-state index contributed by atoms with van der Waals surface area (Å²) in [5, 5.41) is 23.3. The number of hydrogen-bond donors (Lipinski definition) is 2. The average Bonchev–Trinajstić information content (AvgIpc) is 2.51. The third-order valence-corrected chi connectivity index (χ3v) is 4.27. The summed E-state index contributed by atoms with van der Waals surface area (Å²) in [6, 6.07) is -1.82. The molecule has 0 radical (unpaired) electrons. The van der Waals surface area contributed by atoms with Gasteiger partial charge in [0, 0.05) is 17.3 Å². The molecule has 3 N–H and O–H groups in total. The van der Waals surface area contributed by atoms with E-state index < -0.39 is 30.0 Å². The van der Waals surface area contributed by atoms with Gasteiger partial charge in [-0.3, -0.25) is 10.1 Å². The second kappa shape index (κ2) is 6.16. The van der Waals surface area contributed by atoms with Gasteiger partial charge in [-0.2, -0.15) is 0 Å². The molecule has 1 heterocycles. The molecule has 1 aliphatic carbocycles. The maximum atomic E-state index is 11.3. The highest BCUT2D eigenvalue weighted by Crippen LogP contribution is 2.37. The van der Waals surface area contributed by atoms with Crippen LogP contribution in [-0.4, -0.2) is 60.1 Å². The van der Waals surface area contributed by atoms with Gasteiger partial charge in [-0.1, -0.05) is 12.1 Å². The minimum atomic E-state index is -0.854. The molecule has 1 saturated carbocycles. The zero-order chi connectivity index (χ0) is 16.4. The summed E-state index contributed by atoms with van der Waals surface area (Å²) in [4.78, 5) is 19.7. The lowest BCUT2D eigenvalue weighted by molar-refractivity contribution is -0.536. The van der Waals surface area contributed by atoms with Crippen molar-refractivity contribution in [2.24, 2.45) is 32.7 Å². The molecule has 0 amide bonds. The number of aliphatic imine (C=N–C) groups is 2. The predicted octanol–water partition coefficient (Wildman–Crippen LogP) is -0.125. The Kier molecular flexibility index (Phi) is 4.48. The van der Waals surface area contributed by atoms with E-state index in [1.807, 2.05) is 0 Å². The van der Waals surface area contributed by atoms with Crippen molar-refractivity contribution in [3.05, 3.63) is 10.1 Å². The average molecular weight is 313 g/mol. The van der Waals surface area contributed by atoms with Crippen molar-refractivity contribution >= 4 is 17.6 Å². The first kappa shape index (κ1) is 16.0. The van der Waals surface area contributed by atoms with E-state index in [2.05, 4.69) is 15.1 Å². The maximum Gasteiger partial charge on any atom is 0.273 e. The van der Waals surface area contributed by atoms with Crippen molar-refractivity contribution in [2.75, 3.05) is 14.2 Å². The maximum absolute atomic E-state index is 11.3. The summed E-state index contributed by atoms with van der Waals surface area (Å²) in [5.41, 5.74) is 5.75. The summed E-state index contributed by atoms with van der Waals surface area (Å²) >= 11 is 0. The normalized spacial score (nSPS) is 35.0.